The molecule has 0 spiro atoms. The van der Waals surface area contributed by atoms with Crippen molar-refractivity contribution in [2.45, 2.75) is 87.3 Å². The van der Waals surface area contributed by atoms with E-state index in [0.717, 1.165) is 24.8 Å². The summed E-state index contributed by atoms with van der Waals surface area (Å²) >= 11 is -1.77. The minimum Gasteiger partial charge on any atom is -0.593 e. The summed E-state index contributed by atoms with van der Waals surface area (Å²) in [5, 5.41) is 1.82. The molecule has 13 heteroatoms. The van der Waals surface area contributed by atoms with Gasteiger partial charge in [0, 0.05) is 25.7 Å². The van der Waals surface area contributed by atoms with Crippen molar-refractivity contribution < 1.29 is 45.2 Å². The number of halogens is 6. The van der Waals surface area contributed by atoms with E-state index in [1.807, 2.05) is 0 Å². The van der Waals surface area contributed by atoms with Crippen molar-refractivity contribution in [1.82, 2.24) is 10.0 Å². The Hall–Kier alpha value is -3.19. The highest BCUT2D eigenvalue weighted by molar-refractivity contribution is 7.91. The maximum absolute atomic E-state index is 15.0. The van der Waals surface area contributed by atoms with E-state index in [4.69, 9.17) is 4.74 Å². The third-order valence-electron chi connectivity index (χ3n) is 8.27. The Labute approximate surface area is 260 Å². The number of carbonyl (C=O) groups excluding carboxylic acids is 2. The van der Waals surface area contributed by atoms with Crippen molar-refractivity contribution in [2.24, 2.45) is 5.92 Å². The second kappa shape index (κ2) is 13.3. The van der Waals surface area contributed by atoms with Gasteiger partial charge in [-0.25, -0.2) is 0 Å². The van der Waals surface area contributed by atoms with Gasteiger partial charge in [-0.2, -0.15) is 31.1 Å². The lowest BCUT2D eigenvalue weighted by Crippen LogP contribution is -2.60. The Kier molecular flexibility index (Phi) is 9.79. The zero-order valence-corrected chi connectivity index (χ0v) is 25.2. The van der Waals surface area contributed by atoms with E-state index >= 15 is 13.2 Å². The van der Waals surface area contributed by atoms with Gasteiger partial charge in [0.05, 0.1) is 18.0 Å². The molecule has 2 aromatic rings. The van der Waals surface area contributed by atoms with Gasteiger partial charge in [0.25, 0.3) is 11.8 Å². The fourth-order valence-electron chi connectivity index (χ4n) is 5.42. The van der Waals surface area contributed by atoms with Crippen LogP contribution in [0.2, 0.25) is 0 Å². The van der Waals surface area contributed by atoms with Gasteiger partial charge in [-0.05, 0) is 78.8 Å². The number of benzene rings is 2. The SMILES string of the molecule is O=C(N[S+]([O-])C1CC1)C1=C(c2ccc(CC3CC3)cc2)C[C@](c2ccc(OCCCCCC(F)(F)F)cc2)(C(F)(F)F)NC1=O. The number of carbonyl (C=O) groups is 2. The summed E-state index contributed by atoms with van der Waals surface area (Å²) < 4.78 is 102. The Morgan fingerprint density at radius 3 is 2.20 bits per heavy atom. The lowest BCUT2D eigenvalue weighted by molar-refractivity contribution is -0.201. The molecule has 2 aromatic carbocycles. The zero-order valence-electron chi connectivity index (χ0n) is 24.4. The molecule has 1 heterocycles. The van der Waals surface area contributed by atoms with E-state index in [9.17, 15) is 27.3 Å². The number of hydrogen-bond donors (Lipinski definition) is 2. The van der Waals surface area contributed by atoms with Gasteiger partial charge in [0.15, 0.2) is 5.54 Å². The third kappa shape index (κ3) is 8.35. The van der Waals surface area contributed by atoms with Crippen LogP contribution < -0.4 is 14.8 Å². The second-order valence-corrected chi connectivity index (χ2v) is 13.4. The van der Waals surface area contributed by atoms with Gasteiger partial charge in [0.1, 0.15) is 16.6 Å². The van der Waals surface area contributed by atoms with Gasteiger partial charge in [-0.1, -0.05) is 36.4 Å². The van der Waals surface area contributed by atoms with Crippen molar-refractivity contribution in [3.8, 4) is 5.75 Å². The summed E-state index contributed by atoms with van der Waals surface area (Å²) in [6.07, 6.45) is -5.97. The first kappa shape index (κ1) is 33.2. The molecule has 6 nitrogen and oxygen atoms in total. The molecule has 0 radical (unpaired) electrons. The van der Waals surface area contributed by atoms with Gasteiger partial charge < -0.3 is 14.6 Å². The molecule has 2 atom stereocenters. The highest BCUT2D eigenvalue weighted by Crippen LogP contribution is 2.49. The van der Waals surface area contributed by atoms with Crippen LogP contribution in [-0.4, -0.2) is 40.6 Å². The van der Waals surface area contributed by atoms with Gasteiger partial charge in [-0.3, -0.25) is 9.59 Å². The highest BCUT2D eigenvalue weighted by atomic mass is 32.2. The smallest absolute Gasteiger partial charge is 0.416 e. The maximum Gasteiger partial charge on any atom is 0.416 e. The average Bonchev–Trinajstić information content (AvgIpc) is 3.89. The number of rotatable bonds is 13. The van der Waals surface area contributed by atoms with Crippen LogP contribution in [0.1, 0.15) is 74.5 Å². The summed E-state index contributed by atoms with van der Waals surface area (Å²) in [6.45, 7) is 0.0860. The lowest BCUT2D eigenvalue weighted by atomic mass is 9.76. The minimum atomic E-state index is -4.99. The Balaban J connectivity index is 1.40. The molecule has 1 unspecified atom stereocenters. The molecule has 1 aliphatic heterocycles. The number of alkyl halides is 6. The van der Waals surface area contributed by atoms with Crippen LogP contribution in [0.5, 0.6) is 5.75 Å². The normalized spacial score (nSPS) is 21.4. The molecule has 2 amide bonds. The van der Waals surface area contributed by atoms with Crippen molar-refractivity contribution in [3.05, 3.63) is 70.8 Å². The molecule has 3 aliphatic rings. The monoisotopic (exact) mass is 656 g/mol. The molecular weight excluding hydrogens is 622 g/mol. The second-order valence-electron chi connectivity index (χ2n) is 12.0. The van der Waals surface area contributed by atoms with Gasteiger partial charge in [0.2, 0.25) is 0 Å². The molecule has 0 aromatic heterocycles. The minimum absolute atomic E-state index is 0.0464. The fraction of sp³-hybridized carbons (Fsp3) is 0.500. The third-order valence-corrected chi connectivity index (χ3v) is 9.74. The first-order valence-corrected chi connectivity index (χ1v) is 16.2. The van der Waals surface area contributed by atoms with E-state index in [0.29, 0.717) is 25.2 Å². The topological polar surface area (TPSA) is 90.5 Å². The summed E-state index contributed by atoms with van der Waals surface area (Å²) in [6, 6.07) is 11.8. The quantitative estimate of drug-likeness (QED) is 0.107. The van der Waals surface area contributed by atoms with Crippen molar-refractivity contribution in [1.29, 1.82) is 0 Å². The van der Waals surface area contributed by atoms with Crippen LogP contribution in [-0.2, 0) is 32.9 Å². The Morgan fingerprint density at radius 2 is 1.62 bits per heavy atom. The zero-order chi connectivity index (χ0) is 32.4. The number of nitrogens with one attached hydrogen (secondary N) is 2. The number of amides is 2. The summed E-state index contributed by atoms with van der Waals surface area (Å²) in [5.74, 6) is -1.43. The molecule has 2 saturated carbocycles. The van der Waals surface area contributed by atoms with Crippen LogP contribution in [0.25, 0.3) is 5.57 Å². The number of unbranched alkanes of at least 4 members (excludes halogenated alkanes) is 2. The lowest BCUT2D eigenvalue weighted by Gasteiger charge is -2.41. The summed E-state index contributed by atoms with van der Waals surface area (Å²) in [4.78, 5) is 26.7. The van der Waals surface area contributed by atoms with Gasteiger partial charge >= 0.3 is 12.4 Å². The average molecular weight is 657 g/mol. The van der Waals surface area contributed by atoms with Crippen molar-refractivity contribution >= 4 is 28.7 Å². The highest BCUT2D eigenvalue weighted by Gasteiger charge is 2.60. The predicted molar refractivity (Wildman–Crippen MR) is 156 cm³/mol. The van der Waals surface area contributed by atoms with Crippen LogP contribution in [0.15, 0.2) is 54.1 Å². The summed E-state index contributed by atoms with van der Waals surface area (Å²) in [5.41, 5.74) is -2.51. The van der Waals surface area contributed by atoms with Crippen LogP contribution in [0.3, 0.4) is 0 Å². The first-order valence-electron chi connectivity index (χ1n) is 15.0. The van der Waals surface area contributed by atoms with E-state index < -0.39 is 59.5 Å². The standard InChI is InChI=1S/C32H34F6N2O4S/c33-31(34,35)16-2-1-3-17-44-24-12-10-23(11-13-24)30(32(36,37)38)19-26(22-8-6-21(7-9-22)18-20-4-5-20)27(28(41)39-30)29(42)40-45(43)25-14-15-25/h6-13,20,25H,1-5,14-19H2,(H,39,41)(H,40,42)/t30-,45?/m0/s1. The first-order chi connectivity index (χ1) is 21.3. The molecule has 2 N–H and O–H groups in total. The Morgan fingerprint density at radius 1 is 0.956 bits per heavy atom. The van der Waals surface area contributed by atoms with Crippen molar-refractivity contribution in [3.63, 3.8) is 0 Å². The van der Waals surface area contributed by atoms with E-state index in [1.165, 1.54) is 24.3 Å². The molecule has 0 saturated heterocycles. The molecule has 45 heavy (non-hydrogen) atoms. The van der Waals surface area contributed by atoms with Crippen LogP contribution in [0.4, 0.5) is 26.3 Å². The molecule has 244 valence electrons. The number of hydrogen-bond acceptors (Lipinski definition) is 4. The number of ether oxygens (including phenoxy) is 1. The predicted octanol–water partition coefficient (Wildman–Crippen LogP) is 6.81. The van der Waals surface area contributed by atoms with E-state index in [2.05, 4.69) is 10.0 Å². The fourth-order valence-corrected chi connectivity index (χ4v) is 6.44. The van der Waals surface area contributed by atoms with E-state index in [-0.39, 0.29) is 47.1 Å². The molecule has 2 aliphatic carbocycles. The molecule has 0 bridgehead atoms. The Bertz CT molecular complexity index is 1400. The van der Waals surface area contributed by atoms with Crippen LogP contribution in [0, 0.1) is 5.92 Å². The maximum atomic E-state index is 15.0. The largest absolute Gasteiger partial charge is 0.593 e. The molecular formula is C32H34F6N2O4S. The van der Waals surface area contributed by atoms with E-state index in [1.54, 1.807) is 24.3 Å². The molecule has 5 rings (SSSR count). The molecule has 2 fully saturated rings. The van der Waals surface area contributed by atoms with Gasteiger partial charge in [-0.15, -0.1) is 0 Å². The summed E-state index contributed by atoms with van der Waals surface area (Å²) in [7, 11) is 0. The van der Waals surface area contributed by atoms with Crippen molar-refractivity contribution in [2.75, 3.05) is 6.61 Å². The van der Waals surface area contributed by atoms with Crippen LogP contribution >= 0.6 is 0 Å².